The first-order valence-corrected chi connectivity index (χ1v) is 6.58. The zero-order valence-corrected chi connectivity index (χ0v) is 10.7. The van der Waals surface area contributed by atoms with E-state index in [1.807, 2.05) is 24.3 Å². The summed E-state index contributed by atoms with van der Waals surface area (Å²) >= 11 is 0. The lowest BCUT2D eigenvalue weighted by molar-refractivity contribution is -0.130. The van der Waals surface area contributed by atoms with Crippen LogP contribution in [0.4, 0.5) is 0 Å². The monoisotopic (exact) mass is 256 g/mol. The Morgan fingerprint density at radius 2 is 2.26 bits per heavy atom. The van der Waals surface area contributed by atoms with Crippen LogP contribution >= 0.6 is 0 Å². The molecule has 1 atom stereocenters. The second-order valence-corrected chi connectivity index (χ2v) is 4.77. The molecule has 1 aliphatic heterocycles. The van der Waals surface area contributed by atoms with Gasteiger partial charge in [-0.05, 0) is 37.5 Å². The number of rotatable bonds is 2. The molecule has 0 spiro atoms. The summed E-state index contributed by atoms with van der Waals surface area (Å²) in [5.41, 5.74) is 1.61. The molecule has 2 heterocycles. The molecule has 3 rings (SSSR count). The van der Waals surface area contributed by atoms with E-state index >= 15 is 0 Å². The normalized spacial score (nSPS) is 19.6. The number of piperidine rings is 1. The van der Waals surface area contributed by atoms with Crippen molar-refractivity contribution < 1.29 is 9.21 Å². The molecule has 4 heteroatoms. The van der Waals surface area contributed by atoms with Crippen molar-refractivity contribution in [2.24, 2.45) is 0 Å². The highest BCUT2D eigenvalue weighted by molar-refractivity contribution is 5.87. The summed E-state index contributed by atoms with van der Waals surface area (Å²) in [6.07, 6.45) is 4.37. The van der Waals surface area contributed by atoms with Crippen LogP contribution in [-0.4, -0.2) is 22.3 Å². The van der Waals surface area contributed by atoms with Gasteiger partial charge in [0.05, 0.1) is 0 Å². The lowest BCUT2D eigenvalue weighted by Gasteiger charge is -2.32. The Bertz CT molecular complexity index is 584. The van der Waals surface area contributed by atoms with Gasteiger partial charge < -0.3 is 9.32 Å². The molecule has 1 aromatic heterocycles. The van der Waals surface area contributed by atoms with E-state index in [4.69, 9.17) is 4.42 Å². The van der Waals surface area contributed by atoms with Crippen LogP contribution in [0.15, 0.2) is 41.3 Å². The Morgan fingerprint density at radius 3 is 3.05 bits per heavy atom. The molecule has 0 aliphatic carbocycles. The van der Waals surface area contributed by atoms with Gasteiger partial charge in [0, 0.05) is 6.54 Å². The number of benzene rings is 1. The number of nitrogens with zero attached hydrogens (tertiary/aromatic N) is 2. The van der Waals surface area contributed by atoms with Gasteiger partial charge in [-0.2, -0.15) is 0 Å². The molecule has 4 nitrogen and oxygen atoms in total. The molecule has 1 aromatic carbocycles. The van der Waals surface area contributed by atoms with E-state index < -0.39 is 0 Å². The summed E-state index contributed by atoms with van der Waals surface area (Å²) in [6.45, 7) is 4.31. The van der Waals surface area contributed by atoms with E-state index in [9.17, 15) is 4.79 Å². The Balaban J connectivity index is 1.97. The van der Waals surface area contributed by atoms with Crippen molar-refractivity contribution in [2.45, 2.75) is 25.3 Å². The third-order valence-electron chi connectivity index (χ3n) is 3.56. The fourth-order valence-corrected chi connectivity index (χ4v) is 2.60. The van der Waals surface area contributed by atoms with Crippen LogP contribution in [0.1, 0.15) is 31.2 Å². The lowest BCUT2D eigenvalue weighted by Crippen LogP contribution is -2.37. The van der Waals surface area contributed by atoms with Gasteiger partial charge >= 0.3 is 0 Å². The molecule has 0 bridgehead atoms. The van der Waals surface area contributed by atoms with Gasteiger partial charge in [-0.1, -0.05) is 18.7 Å². The van der Waals surface area contributed by atoms with Crippen LogP contribution < -0.4 is 0 Å². The number of oxazole rings is 1. The van der Waals surface area contributed by atoms with Crippen molar-refractivity contribution in [1.82, 2.24) is 9.88 Å². The number of fused-ring (bicyclic) bond motifs is 1. The van der Waals surface area contributed by atoms with E-state index in [0.717, 1.165) is 36.9 Å². The second-order valence-electron chi connectivity index (χ2n) is 4.77. The molecule has 0 radical (unpaired) electrons. The standard InChI is InChI=1S/C15H16N2O2/c1-2-14(18)17-10-6-5-8-12(17)15-16-11-7-3-4-9-13(11)19-15/h2-4,7,9,12H,1,5-6,8,10H2. The van der Waals surface area contributed by atoms with E-state index in [2.05, 4.69) is 11.6 Å². The third-order valence-corrected chi connectivity index (χ3v) is 3.56. The fraction of sp³-hybridized carbons (Fsp3) is 0.333. The van der Waals surface area contributed by atoms with Crippen LogP contribution in [0.3, 0.4) is 0 Å². The van der Waals surface area contributed by atoms with E-state index in [1.165, 1.54) is 6.08 Å². The smallest absolute Gasteiger partial charge is 0.246 e. The van der Waals surface area contributed by atoms with E-state index in [-0.39, 0.29) is 11.9 Å². The summed E-state index contributed by atoms with van der Waals surface area (Å²) in [6, 6.07) is 7.61. The van der Waals surface area contributed by atoms with Crippen molar-refractivity contribution in [3.05, 3.63) is 42.8 Å². The van der Waals surface area contributed by atoms with E-state index in [0.29, 0.717) is 5.89 Å². The number of amides is 1. The number of hydrogen-bond acceptors (Lipinski definition) is 3. The second kappa shape index (κ2) is 4.88. The minimum absolute atomic E-state index is 0.0491. The molecule has 0 saturated carbocycles. The zero-order valence-electron chi connectivity index (χ0n) is 10.7. The van der Waals surface area contributed by atoms with Crippen molar-refractivity contribution in [2.75, 3.05) is 6.54 Å². The molecule has 0 N–H and O–H groups in total. The van der Waals surface area contributed by atoms with Crippen LogP contribution in [0, 0.1) is 0 Å². The Labute approximate surface area is 111 Å². The van der Waals surface area contributed by atoms with Crippen molar-refractivity contribution in [1.29, 1.82) is 0 Å². The third kappa shape index (κ3) is 2.14. The van der Waals surface area contributed by atoms with E-state index in [1.54, 1.807) is 4.90 Å². The highest BCUT2D eigenvalue weighted by atomic mass is 16.3. The average molecular weight is 256 g/mol. The van der Waals surface area contributed by atoms with Gasteiger partial charge in [-0.15, -0.1) is 0 Å². The topological polar surface area (TPSA) is 46.3 Å². The maximum absolute atomic E-state index is 11.9. The molecular weight excluding hydrogens is 240 g/mol. The molecule has 1 fully saturated rings. The SMILES string of the molecule is C=CC(=O)N1CCCCC1c1nc2ccccc2o1. The Kier molecular flexibility index (Phi) is 3.07. The molecule has 1 amide bonds. The molecule has 1 aliphatic rings. The highest BCUT2D eigenvalue weighted by Gasteiger charge is 2.30. The van der Waals surface area contributed by atoms with Gasteiger partial charge in [0.1, 0.15) is 11.6 Å². The molecule has 1 unspecified atom stereocenters. The first-order valence-electron chi connectivity index (χ1n) is 6.58. The molecule has 1 saturated heterocycles. The van der Waals surface area contributed by atoms with Gasteiger partial charge in [-0.25, -0.2) is 4.98 Å². The van der Waals surface area contributed by atoms with Crippen LogP contribution in [0.5, 0.6) is 0 Å². The first kappa shape index (κ1) is 12.0. The summed E-state index contributed by atoms with van der Waals surface area (Å²) in [5.74, 6) is 0.586. The van der Waals surface area contributed by atoms with Crippen molar-refractivity contribution >= 4 is 17.0 Å². The Hall–Kier alpha value is -2.10. The maximum atomic E-state index is 11.9. The molecule has 2 aromatic rings. The summed E-state index contributed by atoms with van der Waals surface area (Å²) in [7, 11) is 0. The lowest BCUT2D eigenvalue weighted by atomic mass is 10.0. The van der Waals surface area contributed by atoms with Crippen LogP contribution in [-0.2, 0) is 4.79 Å². The van der Waals surface area contributed by atoms with Crippen LogP contribution in [0.2, 0.25) is 0 Å². The minimum atomic E-state index is -0.0633. The maximum Gasteiger partial charge on any atom is 0.246 e. The number of aromatic nitrogens is 1. The zero-order chi connectivity index (χ0) is 13.2. The average Bonchev–Trinajstić information content (AvgIpc) is 2.90. The van der Waals surface area contributed by atoms with Crippen LogP contribution in [0.25, 0.3) is 11.1 Å². The largest absolute Gasteiger partial charge is 0.438 e. The number of likely N-dealkylation sites (tertiary alicyclic amines) is 1. The Morgan fingerprint density at radius 1 is 1.42 bits per heavy atom. The van der Waals surface area contributed by atoms with Gasteiger partial charge in [0.2, 0.25) is 11.8 Å². The predicted octanol–water partition coefficient (Wildman–Crippen LogP) is 3.07. The highest BCUT2D eigenvalue weighted by Crippen LogP contribution is 2.32. The quantitative estimate of drug-likeness (QED) is 0.776. The summed E-state index contributed by atoms with van der Waals surface area (Å²) in [4.78, 5) is 18.2. The number of hydrogen-bond donors (Lipinski definition) is 0. The molecule has 19 heavy (non-hydrogen) atoms. The van der Waals surface area contributed by atoms with Gasteiger partial charge in [0.15, 0.2) is 5.58 Å². The fourth-order valence-electron chi connectivity index (χ4n) is 2.60. The molecular formula is C15H16N2O2. The van der Waals surface area contributed by atoms with Gasteiger partial charge in [-0.3, -0.25) is 4.79 Å². The minimum Gasteiger partial charge on any atom is -0.438 e. The number of para-hydroxylation sites is 2. The number of carbonyl (C=O) groups excluding carboxylic acids is 1. The van der Waals surface area contributed by atoms with Crippen molar-refractivity contribution in [3.63, 3.8) is 0 Å². The molecule has 98 valence electrons. The number of carbonyl (C=O) groups is 1. The summed E-state index contributed by atoms with van der Waals surface area (Å²) < 4.78 is 5.79. The van der Waals surface area contributed by atoms with Crippen molar-refractivity contribution in [3.8, 4) is 0 Å². The predicted molar refractivity (Wildman–Crippen MR) is 72.5 cm³/mol. The summed E-state index contributed by atoms with van der Waals surface area (Å²) in [5, 5.41) is 0. The first-order chi connectivity index (χ1) is 9.29. The van der Waals surface area contributed by atoms with Gasteiger partial charge in [0.25, 0.3) is 0 Å².